The summed E-state index contributed by atoms with van der Waals surface area (Å²) in [5.41, 5.74) is 1.63. The summed E-state index contributed by atoms with van der Waals surface area (Å²) in [7, 11) is 3.52. The van der Waals surface area contributed by atoms with E-state index in [1.54, 1.807) is 25.2 Å². The van der Waals surface area contributed by atoms with Gasteiger partial charge in [-0.25, -0.2) is 4.68 Å². The van der Waals surface area contributed by atoms with Crippen molar-refractivity contribution in [2.24, 2.45) is 0 Å². The number of nitrogens with zero attached hydrogens (tertiary/aromatic N) is 5. The Bertz CT molecular complexity index is 779. The third-order valence-electron chi connectivity index (χ3n) is 6.10. The van der Waals surface area contributed by atoms with Gasteiger partial charge >= 0.3 is 0 Å². The summed E-state index contributed by atoms with van der Waals surface area (Å²) in [4.78, 5) is 15.0. The standard InChI is InChI=1S/C19H25N5O3/c1-26-16-7-8-19(27-2)9-10-23(17(19)12-16)18(25)11-14-3-5-15(6-4-14)24-13-20-21-22-24/h3-6,13,16-17H,7-12H2,1-2H3/t16-,17+,19-/m1/s1. The molecule has 0 radical (unpaired) electrons. The highest BCUT2D eigenvalue weighted by Crippen LogP contribution is 2.43. The van der Waals surface area contributed by atoms with E-state index in [4.69, 9.17) is 9.47 Å². The number of amides is 1. The first kappa shape index (κ1) is 18.1. The van der Waals surface area contributed by atoms with Crippen molar-refractivity contribution in [1.29, 1.82) is 0 Å². The monoisotopic (exact) mass is 371 g/mol. The van der Waals surface area contributed by atoms with Gasteiger partial charge < -0.3 is 14.4 Å². The molecule has 1 amide bonds. The summed E-state index contributed by atoms with van der Waals surface area (Å²) >= 11 is 0. The molecule has 2 aliphatic rings. The summed E-state index contributed by atoms with van der Waals surface area (Å²) in [6, 6.07) is 7.84. The quantitative estimate of drug-likeness (QED) is 0.790. The number of hydrogen-bond acceptors (Lipinski definition) is 6. The molecule has 2 aromatic rings. The van der Waals surface area contributed by atoms with Gasteiger partial charge in [0, 0.05) is 20.8 Å². The van der Waals surface area contributed by atoms with Crippen LogP contribution in [0.5, 0.6) is 0 Å². The van der Waals surface area contributed by atoms with Gasteiger partial charge in [0.05, 0.1) is 29.9 Å². The highest BCUT2D eigenvalue weighted by Gasteiger charge is 2.52. The van der Waals surface area contributed by atoms with E-state index in [2.05, 4.69) is 15.5 Å². The van der Waals surface area contributed by atoms with E-state index in [1.807, 2.05) is 29.2 Å². The molecule has 1 aromatic heterocycles. The van der Waals surface area contributed by atoms with Gasteiger partial charge in [-0.2, -0.15) is 0 Å². The van der Waals surface area contributed by atoms with Crippen molar-refractivity contribution in [3.8, 4) is 5.69 Å². The van der Waals surface area contributed by atoms with Crippen LogP contribution < -0.4 is 0 Å². The summed E-state index contributed by atoms with van der Waals surface area (Å²) < 4.78 is 13.1. The van der Waals surface area contributed by atoms with E-state index in [9.17, 15) is 4.79 Å². The van der Waals surface area contributed by atoms with Gasteiger partial charge in [-0.3, -0.25) is 4.79 Å². The van der Waals surface area contributed by atoms with E-state index in [0.717, 1.165) is 43.5 Å². The van der Waals surface area contributed by atoms with Gasteiger partial charge in [-0.15, -0.1) is 5.10 Å². The molecule has 8 nitrogen and oxygen atoms in total. The van der Waals surface area contributed by atoms with Crippen molar-refractivity contribution < 1.29 is 14.3 Å². The van der Waals surface area contributed by atoms with Gasteiger partial charge in [-0.05, 0) is 53.8 Å². The highest BCUT2D eigenvalue weighted by atomic mass is 16.5. The maximum Gasteiger partial charge on any atom is 0.227 e. The molecule has 0 spiro atoms. The number of methoxy groups -OCH3 is 2. The molecule has 0 N–H and O–H groups in total. The zero-order chi connectivity index (χ0) is 18.9. The number of fused-ring (bicyclic) bond motifs is 1. The molecule has 1 aliphatic heterocycles. The Morgan fingerprint density at radius 2 is 2.07 bits per heavy atom. The number of benzene rings is 1. The second-order valence-electron chi connectivity index (χ2n) is 7.35. The fourth-order valence-electron chi connectivity index (χ4n) is 4.50. The minimum Gasteiger partial charge on any atom is -0.381 e. The van der Waals surface area contributed by atoms with Crippen LogP contribution >= 0.6 is 0 Å². The lowest BCUT2D eigenvalue weighted by Gasteiger charge is -2.43. The lowest BCUT2D eigenvalue weighted by molar-refractivity contribution is -0.140. The molecule has 1 saturated carbocycles. The van der Waals surface area contributed by atoms with E-state index in [-0.39, 0.29) is 23.7 Å². The Morgan fingerprint density at radius 1 is 1.26 bits per heavy atom. The van der Waals surface area contributed by atoms with Crippen molar-refractivity contribution in [2.75, 3.05) is 20.8 Å². The molecule has 3 atom stereocenters. The van der Waals surface area contributed by atoms with Crippen LogP contribution in [0, 0.1) is 0 Å². The molecule has 144 valence electrons. The van der Waals surface area contributed by atoms with E-state index >= 15 is 0 Å². The Kier molecular flexibility index (Phi) is 4.92. The highest BCUT2D eigenvalue weighted by molar-refractivity contribution is 5.79. The number of rotatable bonds is 5. The van der Waals surface area contributed by atoms with Gasteiger partial charge in [-0.1, -0.05) is 12.1 Å². The smallest absolute Gasteiger partial charge is 0.227 e. The third kappa shape index (κ3) is 3.35. The lowest BCUT2D eigenvalue weighted by Crippen LogP contribution is -2.53. The molecule has 0 bridgehead atoms. The maximum atomic E-state index is 13.0. The summed E-state index contributed by atoms with van der Waals surface area (Å²) in [6.45, 7) is 0.747. The van der Waals surface area contributed by atoms with E-state index < -0.39 is 0 Å². The number of likely N-dealkylation sites (tertiary alicyclic amines) is 1. The van der Waals surface area contributed by atoms with Crippen LogP contribution in [-0.4, -0.2) is 69.5 Å². The number of aromatic nitrogens is 4. The Labute approximate surface area is 158 Å². The van der Waals surface area contributed by atoms with Crippen LogP contribution in [0.15, 0.2) is 30.6 Å². The van der Waals surface area contributed by atoms with Crippen molar-refractivity contribution in [1.82, 2.24) is 25.1 Å². The summed E-state index contributed by atoms with van der Waals surface area (Å²) in [5, 5.41) is 11.1. The Morgan fingerprint density at radius 3 is 2.74 bits per heavy atom. The molecular weight excluding hydrogens is 346 g/mol. The van der Waals surface area contributed by atoms with Gasteiger partial charge in [0.25, 0.3) is 0 Å². The average Bonchev–Trinajstić information content (AvgIpc) is 3.36. The molecule has 1 aliphatic carbocycles. The molecule has 2 fully saturated rings. The Hall–Kier alpha value is -2.32. The SMILES string of the molecule is CO[C@@H]1CC[C@@]2(OC)CCN(C(=O)Cc3ccc(-n4cnnn4)cc3)[C@H]2C1. The number of carbonyl (C=O) groups is 1. The van der Waals surface area contributed by atoms with Gasteiger partial charge in [0.15, 0.2) is 0 Å². The van der Waals surface area contributed by atoms with E-state index in [0.29, 0.717) is 6.42 Å². The molecular formula is C19H25N5O3. The van der Waals surface area contributed by atoms with Crippen molar-refractivity contribution >= 4 is 5.91 Å². The van der Waals surface area contributed by atoms with Crippen LogP contribution in [-0.2, 0) is 20.7 Å². The van der Waals surface area contributed by atoms with Crippen LogP contribution in [0.4, 0.5) is 0 Å². The fraction of sp³-hybridized carbons (Fsp3) is 0.579. The van der Waals surface area contributed by atoms with Crippen LogP contribution in [0.25, 0.3) is 5.69 Å². The normalized spacial score (nSPS) is 27.6. The largest absolute Gasteiger partial charge is 0.381 e. The molecule has 0 unspecified atom stereocenters. The first-order chi connectivity index (χ1) is 13.1. The minimum absolute atomic E-state index is 0.0918. The molecule has 4 rings (SSSR count). The van der Waals surface area contributed by atoms with Crippen molar-refractivity contribution in [3.63, 3.8) is 0 Å². The maximum absolute atomic E-state index is 13.0. The molecule has 1 saturated heterocycles. The predicted octanol–water partition coefficient (Wildman–Crippen LogP) is 1.39. The third-order valence-corrected chi connectivity index (χ3v) is 6.10. The van der Waals surface area contributed by atoms with Crippen LogP contribution in [0.1, 0.15) is 31.2 Å². The predicted molar refractivity (Wildman–Crippen MR) is 97.4 cm³/mol. The fourth-order valence-corrected chi connectivity index (χ4v) is 4.50. The average molecular weight is 371 g/mol. The summed E-state index contributed by atoms with van der Waals surface area (Å²) in [6.07, 6.45) is 5.79. The lowest BCUT2D eigenvalue weighted by atomic mass is 9.79. The zero-order valence-electron chi connectivity index (χ0n) is 15.7. The molecule has 8 heteroatoms. The minimum atomic E-state index is -0.214. The topological polar surface area (TPSA) is 82.4 Å². The summed E-state index contributed by atoms with van der Waals surface area (Å²) in [5.74, 6) is 0.144. The van der Waals surface area contributed by atoms with Crippen molar-refractivity contribution in [3.05, 3.63) is 36.2 Å². The molecule has 1 aromatic carbocycles. The number of ether oxygens (including phenoxy) is 2. The second-order valence-corrected chi connectivity index (χ2v) is 7.35. The van der Waals surface area contributed by atoms with Crippen LogP contribution in [0.3, 0.4) is 0 Å². The second kappa shape index (κ2) is 7.36. The molecule has 27 heavy (non-hydrogen) atoms. The first-order valence-electron chi connectivity index (χ1n) is 9.35. The Balaban J connectivity index is 1.46. The number of carbonyl (C=O) groups excluding carboxylic acids is 1. The van der Waals surface area contributed by atoms with Gasteiger partial charge in [0.1, 0.15) is 6.33 Å². The first-order valence-corrected chi connectivity index (χ1v) is 9.35. The van der Waals surface area contributed by atoms with Crippen LogP contribution in [0.2, 0.25) is 0 Å². The van der Waals surface area contributed by atoms with E-state index in [1.165, 1.54) is 0 Å². The van der Waals surface area contributed by atoms with Crippen molar-refractivity contribution in [2.45, 2.75) is 49.9 Å². The zero-order valence-corrected chi connectivity index (χ0v) is 15.7. The van der Waals surface area contributed by atoms with Gasteiger partial charge in [0.2, 0.25) is 5.91 Å². The molecule has 2 heterocycles. The number of hydrogen-bond donors (Lipinski definition) is 0. The number of tetrazole rings is 1.